The van der Waals surface area contributed by atoms with Crippen molar-refractivity contribution in [2.45, 2.75) is 19.4 Å². The van der Waals surface area contributed by atoms with Crippen molar-refractivity contribution in [2.75, 3.05) is 11.9 Å². The van der Waals surface area contributed by atoms with Crippen LogP contribution in [0.25, 0.3) is 0 Å². The molecule has 1 aromatic rings. The summed E-state index contributed by atoms with van der Waals surface area (Å²) in [7, 11) is 0. The minimum absolute atomic E-state index is 0.0637. The van der Waals surface area contributed by atoms with Crippen molar-refractivity contribution in [3.63, 3.8) is 0 Å². The molecule has 0 spiro atoms. The Kier molecular flexibility index (Phi) is 4.89. The lowest BCUT2D eigenvalue weighted by Crippen LogP contribution is -2.22. The van der Waals surface area contributed by atoms with Gasteiger partial charge in [0.1, 0.15) is 5.82 Å². The van der Waals surface area contributed by atoms with Gasteiger partial charge >= 0.3 is 5.97 Å². The SMILES string of the molecule is Cc1cc(Br)c(F)cc1NCC(O)CC(=O)O. The van der Waals surface area contributed by atoms with E-state index in [4.69, 9.17) is 5.11 Å². The number of hydrogen-bond acceptors (Lipinski definition) is 3. The molecule has 0 aliphatic heterocycles. The Morgan fingerprint density at radius 3 is 2.82 bits per heavy atom. The van der Waals surface area contributed by atoms with Crippen LogP contribution in [0, 0.1) is 12.7 Å². The van der Waals surface area contributed by atoms with Crippen molar-refractivity contribution in [2.24, 2.45) is 0 Å². The second-order valence-corrected chi connectivity index (χ2v) is 4.57. The molecule has 94 valence electrons. The van der Waals surface area contributed by atoms with E-state index in [1.165, 1.54) is 6.07 Å². The summed E-state index contributed by atoms with van der Waals surface area (Å²) in [4.78, 5) is 10.3. The van der Waals surface area contributed by atoms with Gasteiger partial charge in [-0.3, -0.25) is 4.79 Å². The number of aliphatic hydroxyl groups is 1. The number of carbonyl (C=O) groups is 1. The van der Waals surface area contributed by atoms with Gasteiger partial charge in [-0.25, -0.2) is 4.39 Å². The molecule has 0 saturated heterocycles. The number of halogens is 2. The highest BCUT2D eigenvalue weighted by atomic mass is 79.9. The van der Waals surface area contributed by atoms with E-state index < -0.39 is 17.9 Å². The Hall–Kier alpha value is -1.14. The Bertz CT molecular complexity index is 425. The quantitative estimate of drug-likeness (QED) is 0.779. The average molecular weight is 306 g/mol. The fourth-order valence-corrected chi connectivity index (χ4v) is 1.80. The van der Waals surface area contributed by atoms with Crippen LogP contribution in [-0.4, -0.2) is 28.8 Å². The lowest BCUT2D eigenvalue weighted by Gasteiger charge is -2.13. The maximum Gasteiger partial charge on any atom is 0.306 e. The second-order valence-electron chi connectivity index (χ2n) is 3.71. The van der Waals surface area contributed by atoms with Gasteiger partial charge in [-0.05, 0) is 40.5 Å². The van der Waals surface area contributed by atoms with Crippen LogP contribution in [-0.2, 0) is 4.79 Å². The molecule has 0 heterocycles. The second kappa shape index (κ2) is 5.97. The van der Waals surface area contributed by atoms with Crippen molar-refractivity contribution in [1.82, 2.24) is 0 Å². The lowest BCUT2D eigenvalue weighted by atomic mass is 10.2. The predicted molar refractivity (Wildman–Crippen MR) is 65.6 cm³/mol. The normalized spacial score (nSPS) is 12.2. The third kappa shape index (κ3) is 4.32. The number of anilines is 1. The molecule has 0 radical (unpaired) electrons. The minimum Gasteiger partial charge on any atom is -0.481 e. The smallest absolute Gasteiger partial charge is 0.306 e. The molecular weight excluding hydrogens is 293 g/mol. The van der Waals surface area contributed by atoms with Crippen molar-refractivity contribution in [3.05, 3.63) is 28.0 Å². The molecule has 17 heavy (non-hydrogen) atoms. The predicted octanol–water partition coefficient (Wildman–Crippen LogP) is 2.14. The first-order chi connectivity index (χ1) is 7.90. The molecule has 1 atom stereocenters. The van der Waals surface area contributed by atoms with Crippen LogP contribution in [0.2, 0.25) is 0 Å². The van der Waals surface area contributed by atoms with E-state index in [-0.39, 0.29) is 13.0 Å². The zero-order valence-corrected chi connectivity index (χ0v) is 10.8. The average Bonchev–Trinajstić information content (AvgIpc) is 2.20. The van der Waals surface area contributed by atoms with E-state index in [9.17, 15) is 14.3 Å². The fraction of sp³-hybridized carbons (Fsp3) is 0.364. The van der Waals surface area contributed by atoms with Gasteiger partial charge in [0.25, 0.3) is 0 Å². The number of hydrogen-bond donors (Lipinski definition) is 3. The molecule has 1 unspecified atom stereocenters. The van der Waals surface area contributed by atoms with Crippen LogP contribution in [0.3, 0.4) is 0 Å². The van der Waals surface area contributed by atoms with Crippen molar-refractivity contribution in [1.29, 1.82) is 0 Å². The summed E-state index contributed by atoms with van der Waals surface area (Å²) < 4.78 is 13.6. The summed E-state index contributed by atoms with van der Waals surface area (Å²) in [6, 6.07) is 2.91. The van der Waals surface area contributed by atoms with Gasteiger partial charge in [0, 0.05) is 12.2 Å². The number of nitrogens with one attached hydrogen (secondary N) is 1. The first-order valence-electron chi connectivity index (χ1n) is 4.99. The molecule has 0 fully saturated rings. The molecule has 1 rings (SSSR count). The molecule has 0 aliphatic rings. The molecule has 4 nitrogen and oxygen atoms in total. The molecule has 0 aliphatic carbocycles. The molecule has 6 heteroatoms. The van der Waals surface area contributed by atoms with Gasteiger partial charge in [0.2, 0.25) is 0 Å². The first kappa shape index (κ1) is 13.9. The number of aliphatic carboxylic acids is 1. The van der Waals surface area contributed by atoms with E-state index in [1.54, 1.807) is 13.0 Å². The minimum atomic E-state index is -1.07. The Morgan fingerprint density at radius 1 is 1.59 bits per heavy atom. The van der Waals surface area contributed by atoms with Gasteiger partial charge in [-0.15, -0.1) is 0 Å². The lowest BCUT2D eigenvalue weighted by molar-refractivity contribution is -0.138. The number of rotatable bonds is 5. The van der Waals surface area contributed by atoms with E-state index in [2.05, 4.69) is 21.2 Å². The number of carboxylic acids is 1. The third-order valence-electron chi connectivity index (χ3n) is 2.21. The summed E-state index contributed by atoms with van der Waals surface area (Å²) in [6.07, 6.45) is -1.34. The van der Waals surface area contributed by atoms with Gasteiger partial charge in [0.05, 0.1) is 17.0 Å². The van der Waals surface area contributed by atoms with E-state index >= 15 is 0 Å². The number of aliphatic hydroxyl groups excluding tert-OH is 1. The van der Waals surface area contributed by atoms with E-state index in [0.717, 1.165) is 5.56 Å². The van der Waals surface area contributed by atoms with Crippen LogP contribution < -0.4 is 5.32 Å². The van der Waals surface area contributed by atoms with E-state index in [0.29, 0.717) is 10.2 Å². The maximum atomic E-state index is 13.3. The standard InChI is InChI=1S/C11H13BrFNO3/c1-6-2-8(12)9(13)4-10(6)14-5-7(15)3-11(16)17/h2,4,7,14-15H,3,5H2,1H3,(H,16,17). The van der Waals surface area contributed by atoms with Gasteiger partial charge < -0.3 is 15.5 Å². The number of carboxylic acid groups (broad SMARTS) is 1. The highest BCUT2D eigenvalue weighted by Crippen LogP contribution is 2.23. The summed E-state index contributed by atoms with van der Waals surface area (Å²) in [6.45, 7) is 1.85. The number of aryl methyl sites for hydroxylation is 1. The maximum absolute atomic E-state index is 13.3. The molecule has 0 amide bonds. The molecule has 0 aromatic heterocycles. The molecule has 1 aromatic carbocycles. The van der Waals surface area contributed by atoms with Crippen LogP contribution in [0.15, 0.2) is 16.6 Å². The van der Waals surface area contributed by atoms with Crippen molar-refractivity contribution >= 4 is 27.6 Å². The van der Waals surface area contributed by atoms with Crippen LogP contribution in [0.5, 0.6) is 0 Å². The topological polar surface area (TPSA) is 69.6 Å². The Morgan fingerprint density at radius 2 is 2.24 bits per heavy atom. The Balaban J connectivity index is 2.63. The monoisotopic (exact) mass is 305 g/mol. The summed E-state index contributed by atoms with van der Waals surface area (Å²) in [5.74, 6) is -1.48. The van der Waals surface area contributed by atoms with Crippen LogP contribution in [0.1, 0.15) is 12.0 Å². The third-order valence-corrected chi connectivity index (χ3v) is 2.81. The van der Waals surface area contributed by atoms with E-state index in [1.807, 2.05) is 0 Å². The Labute approximate surface area is 107 Å². The fourth-order valence-electron chi connectivity index (χ4n) is 1.34. The van der Waals surface area contributed by atoms with Crippen molar-refractivity contribution < 1.29 is 19.4 Å². The van der Waals surface area contributed by atoms with Gasteiger partial charge in [-0.1, -0.05) is 0 Å². The van der Waals surface area contributed by atoms with Gasteiger partial charge in [-0.2, -0.15) is 0 Å². The highest BCUT2D eigenvalue weighted by molar-refractivity contribution is 9.10. The molecule has 3 N–H and O–H groups in total. The zero-order valence-electron chi connectivity index (χ0n) is 9.20. The largest absolute Gasteiger partial charge is 0.481 e. The molecular formula is C11H13BrFNO3. The highest BCUT2D eigenvalue weighted by Gasteiger charge is 2.10. The van der Waals surface area contributed by atoms with Gasteiger partial charge in [0.15, 0.2) is 0 Å². The zero-order chi connectivity index (χ0) is 13.0. The van der Waals surface area contributed by atoms with Crippen molar-refractivity contribution in [3.8, 4) is 0 Å². The summed E-state index contributed by atoms with van der Waals surface area (Å²) >= 11 is 3.06. The summed E-state index contributed by atoms with van der Waals surface area (Å²) in [5, 5.41) is 20.6. The number of benzene rings is 1. The van der Waals surface area contributed by atoms with Crippen LogP contribution in [0.4, 0.5) is 10.1 Å². The summed E-state index contributed by atoms with van der Waals surface area (Å²) in [5.41, 5.74) is 1.34. The molecule has 0 saturated carbocycles. The van der Waals surface area contributed by atoms with Crippen LogP contribution >= 0.6 is 15.9 Å². The molecule has 0 bridgehead atoms. The first-order valence-corrected chi connectivity index (χ1v) is 5.79.